The number of aryl methyl sites for hydroxylation is 1. The Balaban J connectivity index is 1.87. The first-order valence-electron chi connectivity index (χ1n) is 9.98. The number of nitrogen functional groups attached to an aromatic ring is 2. The molecule has 4 N–H and O–H groups in total. The first-order chi connectivity index (χ1) is 15.4. The summed E-state index contributed by atoms with van der Waals surface area (Å²) in [4.78, 5) is 0. The molecule has 0 atom stereocenters. The van der Waals surface area contributed by atoms with E-state index in [9.17, 15) is 0 Å². The molecule has 3 aromatic heterocycles. The number of rotatable bonds is 0. The second kappa shape index (κ2) is 6.82. The summed E-state index contributed by atoms with van der Waals surface area (Å²) in [6, 6.07) is 15.5. The molecule has 0 aliphatic heterocycles. The first kappa shape index (κ1) is 20.0. The molecule has 4 aromatic carbocycles. The minimum atomic E-state index is 0.815. The van der Waals surface area contributed by atoms with Crippen LogP contribution >= 0.6 is 79.2 Å². The molecule has 156 valence electrons. The number of fused-ring (bicyclic) bond motifs is 12. The quantitative estimate of drug-likeness (QED) is 0.123. The van der Waals surface area contributed by atoms with Crippen LogP contribution in [-0.2, 0) is 0 Å². The van der Waals surface area contributed by atoms with Crippen molar-refractivity contribution in [2.45, 2.75) is 6.92 Å². The number of benzene rings is 4. The SMILES string of the molecule is Cc1cc2sc3c4c5ccc(N)cc5sc4c4c5cc(I)c(I)cc5sc4c3c2cc1N. The van der Waals surface area contributed by atoms with Gasteiger partial charge in [-0.2, -0.15) is 0 Å². The lowest BCUT2D eigenvalue weighted by Crippen LogP contribution is -1.87. The largest absolute Gasteiger partial charge is 0.399 e. The fourth-order valence-corrected chi connectivity index (χ4v) is 9.98. The lowest BCUT2D eigenvalue weighted by molar-refractivity contribution is 1.51. The molecule has 7 aromatic rings. The summed E-state index contributed by atoms with van der Waals surface area (Å²) in [5.74, 6) is 0. The molecule has 0 unspecified atom stereocenters. The average Bonchev–Trinajstić information content (AvgIpc) is 3.39. The van der Waals surface area contributed by atoms with Gasteiger partial charge in [0, 0.05) is 79.0 Å². The van der Waals surface area contributed by atoms with Gasteiger partial charge in [0.05, 0.1) is 0 Å². The maximum atomic E-state index is 6.39. The van der Waals surface area contributed by atoms with Gasteiger partial charge in [-0.1, -0.05) is 6.07 Å². The highest BCUT2D eigenvalue weighted by atomic mass is 127. The zero-order valence-electron chi connectivity index (χ0n) is 16.7. The lowest BCUT2D eigenvalue weighted by atomic mass is 10.0. The third-order valence-electron chi connectivity index (χ3n) is 6.20. The summed E-state index contributed by atoms with van der Waals surface area (Å²) in [6.07, 6.45) is 0. The summed E-state index contributed by atoms with van der Waals surface area (Å²) in [5.41, 5.74) is 15.4. The highest BCUT2D eigenvalue weighted by Crippen LogP contribution is 2.53. The molecule has 0 aliphatic carbocycles. The Labute approximate surface area is 222 Å². The van der Waals surface area contributed by atoms with Gasteiger partial charge in [-0.15, -0.1) is 34.0 Å². The predicted molar refractivity (Wildman–Crippen MR) is 164 cm³/mol. The van der Waals surface area contributed by atoms with E-state index in [0.717, 1.165) is 16.9 Å². The molecule has 0 amide bonds. The van der Waals surface area contributed by atoms with Crippen molar-refractivity contribution >= 4 is 151 Å². The van der Waals surface area contributed by atoms with Gasteiger partial charge in [-0.05, 0) is 94.1 Å². The van der Waals surface area contributed by atoms with Gasteiger partial charge in [0.1, 0.15) is 0 Å². The second-order valence-corrected chi connectivity index (χ2v) is 13.6. The lowest BCUT2D eigenvalue weighted by Gasteiger charge is -2.02. The van der Waals surface area contributed by atoms with Crippen molar-refractivity contribution in [2.75, 3.05) is 11.5 Å². The number of nitrogens with two attached hydrogens (primary N) is 2. The standard InChI is InChI=1S/C25H14I2N2S3/c1-9-4-17-13(7-16(9)29)22-24(30-17)20-11-3-2-10(28)5-18(11)31-23(20)21-12-6-14(26)15(27)8-19(12)32-25(21)22/h2-8H,28-29H2,1H3. The zero-order valence-corrected chi connectivity index (χ0v) is 23.4. The second-order valence-electron chi connectivity index (χ2n) is 8.14. The summed E-state index contributed by atoms with van der Waals surface area (Å²) >= 11 is 10.6. The van der Waals surface area contributed by atoms with Crippen molar-refractivity contribution < 1.29 is 0 Å². The van der Waals surface area contributed by atoms with Crippen LogP contribution in [0, 0.1) is 14.1 Å². The molecular formula is C25H14I2N2S3. The molecule has 0 saturated carbocycles. The van der Waals surface area contributed by atoms with Gasteiger partial charge in [0.25, 0.3) is 0 Å². The number of halogens is 2. The van der Waals surface area contributed by atoms with Crippen molar-refractivity contribution in [1.29, 1.82) is 0 Å². The van der Waals surface area contributed by atoms with Crippen molar-refractivity contribution in [3.05, 3.63) is 55.2 Å². The first-order valence-corrected chi connectivity index (χ1v) is 14.6. The number of hydrogen-bond donors (Lipinski definition) is 2. The molecule has 7 heteroatoms. The fourth-order valence-electron chi connectivity index (χ4n) is 4.67. The molecule has 0 bridgehead atoms. The van der Waals surface area contributed by atoms with Crippen LogP contribution in [0.5, 0.6) is 0 Å². The van der Waals surface area contributed by atoms with E-state index in [1.807, 2.05) is 40.1 Å². The van der Waals surface area contributed by atoms with E-state index in [0.29, 0.717) is 0 Å². The van der Waals surface area contributed by atoms with Crippen LogP contribution < -0.4 is 11.5 Å². The maximum absolute atomic E-state index is 6.39. The Morgan fingerprint density at radius 1 is 0.625 bits per heavy atom. The van der Waals surface area contributed by atoms with Crippen LogP contribution in [-0.4, -0.2) is 0 Å². The van der Waals surface area contributed by atoms with Crippen LogP contribution in [0.1, 0.15) is 5.56 Å². The molecule has 0 fully saturated rings. The Hall–Kier alpha value is -1.40. The monoisotopic (exact) mass is 692 g/mol. The van der Waals surface area contributed by atoms with E-state index in [4.69, 9.17) is 11.5 Å². The normalized spacial score (nSPS) is 12.5. The Kier molecular flexibility index (Phi) is 4.26. The molecule has 0 spiro atoms. The van der Waals surface area contributed by atoms with Crippen LogP contribution in [0.2, 0.25) is 0 Å². The molecule has 0 radical (unpaired) electrons. The smallest absolute Gasteiger partial charge is 0.0463 e. The Morgan fingerprint density at radius 3 is 1.84 bits per heavy atom. The maximum Gasteiger partial charge on any atom is 0.0463 e. The van der Waals surface area contributed by atoms with E-state index in [-0.39, 0.29) is 0 Å². The molecule has 2 nitrogen and oxygen atoms in total. The van der Waals surface area contributed by atoms with Crippen molar-refractivity contribution in [2.24, 2.45) is 0 Å². The van der Waals surface area contributed by atoms with Gasteiger partial charge in [0.2, 0.25) is 0 Å². The van der Waals surface area contributed by atoms with Crippen LogP contribution in [0.3, 0.4) is 0 Å². The zero-order chi connectivity index (χ0) is 21.9. The molecule has 7 rings (SSSR count). The van der Waals surface area contributed by atoms with E-state index >= 15 is 0 Å². The third-order valence-corrected chi connectivity index (χ3v) is 12.5. The van der Waals surface area contributed by atoms with Gasteiger partial charge in [-0.25, -0.2) is 0 Å². The van der Waals surface area contributed by atoms with Gasteiger partial charge in [-0.3, -0.25) is 0 Å². The number of hydrogen-bond acceptors (Lipinski definition) is 5. The Bertz CT molecular complexity index is 1900. The minimum absolute atomic E-state index is 0.815. The van der Waals surface area contributed by atoms with E-state index in [2.05, 4.69) is 88.5 Å². The van der Waals surface area contributed by atoms with Crippen molar-refractivity contribution in [3.63, 3.8) is 0 Å². The van der Waals surface area contributed by atoms with Crippen molar-refractivity contribution in [3.8, 4) is 0 Å². The van der Waals surface area contributed by atoms with Gasteiger partial charge < -0.3 is 11.5 Å². The topological polar surface area (TPSA) is 52.0 Å². The number of thiophene rings is 3. The molecule has 0 saturated heterocycles. The van der Waals surface area contributed by atoms with Gasteiger partial charge >= 0.3 is 0 Å². The highest BCUT2D eigenvalue weighted by molar-refractivity contribution is 14.1. The number of anilines is 2. The fraction of sp³-hybridized carbons (Fsp3) is 0.0400. The molecule has 3 heterocycles. The van der Waals surface area contributed by atoms with Crippen molar-refractivity contribution in [1.82, 2.24) is 0 Å². The summed E-state index contributed by atoms with van der Waals surface area (Å²) in [5, 5.41) is 7.99. The predicted octanol–water partition coefficient (Wildman–Crippen LogP) is 9.47. The average molecular weight is 692 g/mol. The van der Waals surface area contributed by atoms with E-state index in [1.54, 1.807) is 0 Å². The van der Waals surface area contributed by atoms with Crippen LogP contribution in [0.15, 0.2) is 42.5 Å². The minimum Gasteiger partial charge on any atom is -0.399 e. The molecule has 0 aliphatic rings. The Morgan fingerprint density at radius 2 is 1.16 bits per heavy atom. The van der Waals surface area contributed by atoms with E-state index < -0.39 is 0 Å². The third kappa shape index (κ3) is 2.60. The van der Waals surface area contributed by atoms with E-state index in [1.165, 1.54) is 67.7 Å². The highest BCUT2D eigenvalue weighted by Gasteiger charge is 2.22. The summed E-state index contributed by atoms with van der Waals surface area (Å²) < 4.78 is 10.6. The summed E-state index contributed by atoms with van der Waals surface area (Å²) in [6.45, 7) is 2.09. The van der Waals surface area contributed by atoms with Crippen LogP contribution in [0.4, 0.5) is 11.4 Å². The molecular weight excluding hydrogens is 678 g/mol. The molecule has 32 heavy (non-hydrogen) atoms. The van der Waals surface area contributed by atoms with Crippen LogP contribution in [0.25, 0.3) is 60.5 Å². The van der Waals surface area contributed by atoms with Gasteiger partial charge in [0.15, 0.2) is 0 Å². The summed E-state index contributed by atoms with van der Waals surface area (Å²) in [7, 11) is 0.